The summed E-state index contributed by atoms with van der Waals surface area (Å²) in [6, 6.07) is -0.325. The van der Waals surface area contributed by atoms with E-state index in [1.165, 1.54) is 0 Å². The normalized spacial score (nSPS) is 28.8. The van der Waals surface area contributed by atoms with Crippen molar-refractivity contribution in [1.29, 1.82) is 0 Å². The van der Waals surface area contributed by atoms with Crippen LogP contribution >= 0.6 is 0 Å². The van der Waals surface area contributed by atoms with Crippen molar-refractivity contribution in [2.45, 2.75) is 71.0 Å². The van der Waals surface area contributed by atoms with Crippen molar-refractivity contribution in [3.8, 4) is 0 Å². The lowest BCUT2D eigenvalue weighted by Crippen LogP contribution is -2.59. The highest BCUT2D eigenvalue weighted by molar-refractivity contribution is 5.88. The molecule has 22 heavy (non-hydrogen) atoms. The van der Waals surface area contributed by atoms with Gasteiger partial charge in [0, 0.05) is 37.6 Å². The van der Waals surface area contributed by atoms with Crippen LogP contribution in [-0.2, 0) is 9.59 Å². The summed E-state index contributed by atoms with van der Waals surface area (Å²) in [5.74, 6) is 0.554. The van der Waals surface area contributed by atoms with Gasteiger partial charge in [-0.05, 0) is 53.4 Å². The first kappa shape index (κ1) is 17.3. The zero-order valence-corrected chi connectivity index (χ0v) is 14.9. The van der Waals surface area contributed by atoms with Crippen molar-refractivity contribution < 1.29 is 9.59 Å². The molecule has 2 rings (SSSR count). The number of likely N-dealkylation sites (N-methyl/N-ethyl adjacent to an activating group) is 1. The molecule has 5 heteroatoms. The minimum Gasteiger partial charge on any atom is -0.342 e. The molecule has 2 aliphatic heterocycles. The Bertz CT molecular complexity index is 443. The molecule has 2 aliphatic rings. The van der Waals surface area contributed by atoms with Crippen LogP contribution in [0.4, 0.5) is 0 Å². The third-order valence-corrected chi connectivity index (χ3v) is 4.94. The Kier molecular flexibility index (Phi) is 4.58. The molecule has 0 saturated carbocycles. The lowest BCUT2D eigenvalue weighted by molar-refractivity contribution is -0.150. The number of rotatable bonds is 2. The first-order valence-electron chi connectivity index (χ1n) is 8.34. The van der Waals surface area contributed by atoms with Gasteiger partial charge in [0.25, 0.3) is 0 Å². The summed E-state index contributed by atoms with van der Waals surface area (Å²) in [6.45, 7) is 11.9. The smallest absolute Gasteiger partial charge is 0.244 e. The standard InChI is InChI=1S/C17H31N3O2/c1-12-15(22)19(6)7-8-20(12)14(21)9-13-10-16(2,3)18-17(4,5)11-13/h12-13,18H,7-11H2,1-6H3. The van der Waals surface area contributed by atoms with Crippen LogP contribution in [0, 0.1) is 5.92 Å². The lowest BCUT2D eigenvalue weighted by atomic mass is 9.74. The van der Waals surface area contributed by atoms with Crippen molar-refractivity contribution in [3.63, 3.8) is 0 Å². The third-order valence-electron chi connectivity index (χ3n) is 4.94. The zero-order valence-electron chi connectivity index (χ0n) is 14.9. The summed E-state index contributed by atoms with van der Waals surface area (Å²) in [4.78, 5) is 28.2. The predicted octanol–water partition coefficient (Wildman–Crippen LogP) is 1.62. The number of carbonyl (C=O) groups is 2. The number of piperazine rings is 1. The number of carbonyl (C=O) groups excluding carboxylic acids is 2. The van der Waals surface area contributed by atoms with Crippen molar-refractivity contribution in [2.75, 3.05) is 20.1 Å². The SMILES string of the molecule is CC1C(=O)N(C)CCN1C(=O)CC1CC(C)(C)NC(C)(C)C1. The fraction of sp³-hybridized carbons (Fsp3) is 0.882. The van der Waals surface area contributed by atoms with E-state index in [1.54, 1.807) is 16.8 Å². The summed E-state index contributed by atoms with van der Waals surface area (Å²) >= 11 is 0. The highest BCUT2D eigenvalue weighted by Gasteiger charge is 2.40. The summed E-state index contributed by atoms with van der Waals surface area (Å²) in [6.07, 6.45) is 2.55. The van der Waals surface area contributed by atoms with E-state index in [0.29, 0.717) is 25.4 Å². The molecule has 1 atom stereocenters. The van der Waals surface area contributed by atoms with E-state index in [2.05, 4.69) is 33.0 Å². The molecule has 0 spiro atoms. The van der Waals surface area contributed by atoms with Crippen LogP contribution in [0.5, 0.6) is 0 Å². The molecule has 2 heterocycles. The van der Waals surface area contributed by atoms with Gasteiger partial charge >= 0.3 is 0 Å². The molecule has 1 unspecified atom stereocenters. The Labute approximate surface area is 134 Å². The van der Waals surface area contributed by atoms with Crippen LogP contribution in [0.1, 0.15) is 53.9 Å². The van der Waals surface area contributed by atoms with Crippen LogP contribution in [0.15, 0.2) is 0 Å². The number of hydrogen-bond donors (Lipinski definition) is 1. The Morgan fingerprint density at radius 3 is 2.27 bits per heavy atom. The highest BCUT2D eigenvalue weighted by atomic mass is 16.2. The van der Waals surface area contributed by atoms with E-state index >= 15 is 0 Å². The molecule has 1 N–H and O–H groups in total. The van der Waals surface area contributed by atoms with Gasteiger partial charge in [0.2, 0.25) is 11.8 Å². The zero-order chi connectivity index (χ0) is 16.7. The van der Waals surface area contributed by atoms with E-state index in [4.69, 9.17) is 0 Å². The Hall–Kier alpha value is -1.10. The number of nitrogens with zero attached hydrogens (tertiary/aromatic N) is 2. The number of amides is 2. The van der Waals surface area contributed by atoms with E-state index in [0.717, 1.165) is 12.8 Å². The molecular weight excluding hydrogens is 278 g/mol. The Balaban J connectivity index is 2.01. The molecule has 5 nitrogen and oxygen atoms in total. The first-order valence-corrected chi connectivity index (χ1v) is 8.34. The average Bonchev–Trinajstić information content (AvgIpc) is 2.31. The van der Waals surface area contributed by atoms with Gasteiger partial charge in [0.1, 0.15) is 6.04 Å². The van der Waals surface area contributed by atoms with Crippen LogP contribution in [0.25, 0.3) is 0 Å². The van der Waals surface area contributed by atoms with Crippen LogP contribution in [-0.4, -0.2) is 58.9 Å². The van der Waals surface area contributed by atoms with Crippen LogP contribution < -0.4 is 5.32 Å². The number of piperidine rings is 1. The molecule has 126 valence electrons. The van der Waals surface area contributed by atoms with Crippen molar-refractivity contribution in [3.05, 3.63) is 0 Å². The quantitative estimate of drug-likeness (QED) is 0.843. The fourth-order valence-corrected chi connectivity index (χ4v) is 4.40. The van der Waals surface area contributed by atoms with Crippen molar-refractivity contribution in [2.24, 2.45) is 5.92 Å². The molecule has 0 bridgehead atoms. The minimum absolute atomic E-state index is 0.0468. The van der Waals surface area contributed by atoms with Gasteiger partial charge in [-0.15, -0.1) is 0 Å². The fourth-order valence-electron chi connectivity index (χ4n) is 4.40. The minimum atomic E-state index is -0.325. The average molecular weight is 309 g/mol. The summed E-state index contributed by atoms with van der Waals surface area (Å²) in [5, 5.41) is 3.65. The van der Waals surface area contributed by atoms with Crippen LogP contribution in [0.3, 0.4) is 0 Å². The molecule has 2 fully saturated rings. The third kappa shape index (κ3) is 3.80. The molecule has 0 aromatic rings. The second-order valence-corrected chi connectivity index (χ2v) is 8.39. The lowest BCUT2D eigenvalue weighted by Gasteiger charge is -2.47. The van der Waals surface area contributed by atoms with E-state index in [1.807, 2.05) is 6.92 Å². The maximum atomic E-state index is 12.7. The van der Waals surface area contributed by atoms with Gasteiger partial charge in [-0.3, -0.25) is 9.59 Å². The predicted molar refractivity (Wildman–Crippen MR) is 87.4 cm³/mol. The van der Waals surface area contributed by atoms with E-state index in [-0.39, 0.29) is 28.9 Å². The molecule has 2 saturated heterocycles. The highest BCUT2D eigenvalue weighted by Crippen LogP contribution is 2.35. The van der Waals surface area contributed by atoms with Crippen molar-refractivity contribution >= 4 is 11.8 Å². The largest absolute Gasteiger partial charge is 0.342 e. The van der Waals surface area contributed by atoms with E-state index in [9.17, 15) is 9.59 Å². The number of hydrogen-bond acceptors (Lipinski definition) is 3. The van der Waals surface area contributed by atoms with Gasteiger partial charge < -0.3 is 15.1 Å². The molecular formula is C17H31N3O2. The topological polar surface area (TPSA) is 52.7 Å². The monoisotopic (exact) mass is 309 g/mol. The Morgan fingerprint density at radius 1 is 1.18 bits per heavy atom. The van der Waals surface area contributed by atoms with Gasteiger partial charge in [0.15, 0.2) is 0 Å². The molecule has 0 aromatic carbocycles. The van der Waals surface area contributed by atoms with Gasteiger partial charge in [-0.25, -0.2) is 0 Å². The summed E-state index contributed by atoms with van der Waals surface area (Å²) in [5.41, 5.74) is 0.104. The second-order valence-electron chi connectivity index (χ2n) is 8.39. The van der Waals surface area contributed by atoms with Gasteiger partial charge in [0.05, 0.1) is 0 Å². The molecule has 2 amide bonds. The van der Waals surface area contributed by atoms with Crippen molar-refractivity contribution in [1.82, 2.24) is 15.1 Å². The summed E-state index contributed by atoms with van der Waals surface area (Å²) in [7, 11) is 1.80. The van der Waals surface area contributed by atoms with Crippen LogP contribution in [0.2, 0.25) is 0 Å². The maximum Gasteiger partial charge on any atom is 0.244 e. The van der Waals surface area contributed by atoms with Gasteiger partial charge in [-0.2, -0.15) is 0 Å². The van der Waals surface area contributed by atoms with E-state index < -0.39 is 0 Å². The number of nitrogens with one attached hydrogen (secondary N) is 1. The molecule has 0 aromatic heterocycles. The maximum absolute atomic E-state index is 12.7. The second kappa shape index (κ2) is 5.84. The molecule has 0 aliphatic carbocycles. The Morgan fingerprint density at radius 2 is 1.73 bits per heavy atom. The molecule has 0 radical (unpaired) electrons. The van der Waals surface area contributed by atoms with Gasteiger partial charge in [-0.1, -0.05) is 0 Å². The first-order chi connectivity index (χ1) is 10.0. The summed E-state index contributed by atoms with van der Waals surface area (Å²) < 4.78 is 0.